The molecule has 0 fully saturated rings. The number of ether oxygens (including phenoxy) is 2. The number of hydrogen-bond acceptors (Lipinski definition) is 4. The van der Waals surface area contributed by atoms with E-state index in [1.165, 1.54) is 12.2 Å². The summed E-state index contributed by atoms with van der Waals surface area (Å²) < 4.78 is 9.99. The largest absolute Gasteiger partial charge is 0.463 e. The van der Waals surface area contributed by atoms with E-state index in [0.717, 1.165) is 25.7 Å². The van der Waals surface area contributed by atoms with Gasteiger partial charge in [-0.1, -0.05) is 26.5 Å². The lowest BCUT2D eigenvalue weighted by atomic mass is 10.00. The molecule has 19 heavy (non-hydrogen) atoms. The van der Waals surface area contributed by atoms with Gasteiger partial charge in [0.25, 0.3) is 0 Å². The molecule has 0 saturated carbocycles. The van der Waals surface area contributed by atoms with Crippen molar-refractivity contribution in [3.63, 3.8) is 0 Å². The van der Waals surface area contributed by atoms with Crippen molar-refractivity contribution < 1.29 is 19.1 Å². The molecule has 0 rings (SSSR count). The van der Waals surface area contributed by atoms with Crippen molar-refractivity contribution in [1.82, 2.24) is 0 Å². The minimum absolute atomic E-state index is 0.0868. The van der Waals surface area contributed by atoms with Crippen LogP contribution in [0.25, 0.3) is 0 Å². The summed E-state index contributed by atoms with van der Waals surface area (Å²) in [6.45, 7) is 11.1. The molecule has 2 atom stereocenters. The minimum atomic E-state index is -0.378. The van der Waals surface area contributed by atoms with Crippen molar-refractivity contribution in [3.05, 3.63) is 25.3 Å². The number of esters is 2. The number of rotatable bonds is 10. The van der Waals surface area contributed by atoms with Crippen LogP contribution >= 0.6 is 0 Å². The molecule has 0 bridgehead atoms. The van der Waals surface area contributed by atoms with Crippen molar-refractivity contribution >= 4 is 11.9 Å². The Morgan fingerprint density at radius 2 is 1.68 bits per heavy atom. The first kappa shape index (κ1) is 17.4. The lowest BCUT2D eigenvalue weighted by molar-refractivity contribution is -0.142. The van der Waals surface area contributed by atoms with Crippen LogP contribution in [0.2, 0.25) is 0 Å². The van der Waals surface area contributed by atoms with Crippen LogP contribution in [0.1, 0.15) is 39.5 Å². The molecule has 0 aliphatic carbocycles. The van der Waals surface area contributed by atoms with Gasteiger partial charge in [-0.25, -0.2) is 9.59 Å². The average Bonchev–Trinajstić information content (AvgIpc) is 2.38. The number of hydrogen-bond donors (Lipinski definition) is 0. The van der Waals surface area contributed by atoms with Gasteiger partial charge in [-0.2, -0.15) is 0 Å². The molecule has 0 aromatic rings. The van der Waals surface area contributed by atoms with Gasteiger partial charge in [0.15, 0.2) is 0 Å². The first-order chi connectivity index (χ1) is 8.99. The predicted molar refractivity (Wildman–Crippen MR) is 74.5 cm³/mol. The van der Waals surface area contributed by atoms with Gasteiger partial charge in [0.05, 0.1) is 12.7 Å². The average molecular weight is 268 g/mol. The van der Waals surface area contributed by atoms with Crippen molar-refractivity contribution in [2.24, 2.45) is 5.92 Å². The highest BCUT2D eigenvalue weighted by Gasteiger charge is 2.08. The minimum Gasteiger partial charge on any atom is -0.463 e. The molecule has 0 aliphatic rings. The van der Waals surface area contributed by atoms with Crippen LogP contribution in [-0.2, 0) is 19.1 Å². The van der Waals surface area contributed by atoms with Crippen LogP contribution in [0.15, 0.2) is 25.3 Å². The highest BCUT2D eigenvalue weighted by Crippen LogP contribution is 2.14. The summed E-state index contributed by atoms with van der Waals surface area (Å²) in [5.74, 6) is -0.283. The van der Waals surface area contributed by atoms with Gasteiger partial charge in [0.2, 0.25) is 0 Å². The Hall–Kier alpha value is -1.58. The Morgan fingerprint density at radius 1 is 1.05 bits per heavy atom. The molecule has 0 amide bonds. The first-order valence-electron chi connectivity index (χ1n) is 6.61. The zero-order valence-electron chi connectivity index (χ0n) is 11.9. The van der Waals surface area contributed by atoms with E-state index in [2.05, 4.69) is 20.1 Å². The molecule has 0 heterocycles. The SMILES string of the molecule is C=CC(=O)OCCC(C)CCCC(C)OC(=O)C=C. The highest BCUT2D eigenvalue weighted by atomic mass is 16.5. The third-order valence-corrected chi connectivity index (χ3v) is 2.81. The summed E-state index contributed by atoms with van der Waals surface area (Å²) in [6, 6.07) is 0. The molecular weight excluding hydrogens is 244 g/mol. The molecular formula is C15H24O4. The quantitative estimate of drug-likeness (QED) is 0.451. The normalized spacial score (nSPS) is 13.2. The Morgan fingerprint density at radius 3 is 2.26 bits per heavy atom. The molecule has 4 heteroatoms. The maximum atomic E-state index is 11.0. The third kappa shape index (κ3) is 10.1. The molecule has 0 N–H and O–H groups in total. The van der Waals surface area contributed by atoms with E-state index >= 15 is 0 Å². The standard InChI is InChI=1S/C15H24O4/c1-5-14(16)18-11-10-12(3)8-7-9-13(4)19-15(17)6-2/h5-6,12-13H,1-2,7-11H2,3-4H3. The Bertz CT molecular complexity index is 309. The van der Waals surface area contributed by atoms with Gasteiger partial charge in [-0.05, 0) is 32.1 Å². The Balaban J connectivity index is 3.59. The van der Waals surface area contributed by atoms with Crippen molar-refractivity contribution in [3.8, 4) is 0 Å². The van der Waals surface area contributed by atoms with Crippen molar-refractivity contribution in [2.75, 3.05) is 6.61 Å². The van der Waals surface area contributed by atoms with Gasteiger partial charge < -0.3 is 9.47 Å². The molecule has 2 unspecified atom stereocenters. The lowest BCUT2D eigenvalue weighted by Crippen LogP contribution is -2.13. The molecule has 108 valence electrons. The highest BCUT2D eigenvalue weighted by molar-refractivity contribution is 5.81. The zero-order chi connectivity index (χ0) is 14.7. The van der Waals surface area contributed by atoms with Crippen LogP contribution < -0.4 is 0 Å². The Kier molecular flexibility index (Phi) is 9.49. The van der Waals surface area contributed by atoms with E-state index in [1.54, 1.807) is 0 Å². The molecule has 0 aromatic heterocycles. The maximum Gasteiger partial charge on any atom is 0.330 e. The van der Waals surface area contributed by atoms with Crippen LogP contribution in [0.5, 0.6) is 0 Å². The zero-order valence-corrected chi connectivity index (χ0v) is 11.9. The van der Waals surface area contributed by atoms with E-state index in [-0.39, 0.29) is 18.0 Å². The fourth-order valence-electron chi connectivity index (χ4n) is 1.62. The Labute approximate surface area is 115 Å². The lowest BCUT2D eigenvalue weighted by Gasteiger charge is -2.14. The van der Waals surface area contributed by atoms with Crippen LogP contribution in [-0.4, -0.2) is 24.6 Å². The number of carbonyl (C=O) groups excluding carboxylic acids is 2. The van der Waals surface area contributed by atoms with E-state index < -0.39 is 0 Å². The summed E-state index contributed by atoms with van der Waals surface area (Å²) in [5.41, 5.74) is 0. The monoisotopic (exact) mass is 268 g/mol. The second-order valence-electron chi connectivity index (χ2n) is 4.65. The van der Waals surface area contributed by atoms with Gasteiger partial charge in [-0.15, -0.1) is 0 Å². The first-order valence-corrected chi connectivity index (χ1v) is 6.61. The maximum absolute atomic E-state index is 11.0. The van der Waals surface area contributed by atoms with E-state index in [1.807, 2.05) is 6.92 Å². The van der Waals surface area contributed by atoms with E-state index in [4.69, 9.17) is 9.47 Å². The van der Waals surface area contributed by atoms with Crippen LogP contribution in [0.4, 0.5) is 0 Å². The second-order valence-corrected chi connectivity index (χ2v) is 4.65. The molecule has 0 aliphatic heterocycles. The van der Waals surface area contributed by atoms with Crippen molar-refractivity contribution in [2.45, 2.75) is 45.6 Å². The topological polar surface area (TPSA) is 52.6 Å². The summed E-state index contributed by atoms with van der Waals surface area (Å²) in [4.78, 5) is 21.8. The molecule has 0 spiro atoms. The fraction of sp³-hybridized carbons (Fsp3) is 0.600. The van der Waals surface area contributed by atoms with Gasteiger partial charge in [0.1, 0.15) is 0 Å². The van der Waals surface area contributed by atoms with E-state index in [0.29, 0.717) is 12.5 Å². The van der Waals surface area contributed by atoms with Gasteiger partial charge in [-0.3, -0.25) is 0 Å². The van der Waals surface area contributed by atoms with Crippen molar-refractivity contribution in [1.29, 1.82) is 0 Å². The molecule has 0 aromatic carbocycles. The number of carbonyl (C=O) groups is 2. The third-order valence-electron chi connectivity index (χ3n) is 2.81. The molecule has 0 radical (unpaired) electrons. The molecule has 0 saturated heterocycles. The van der Waals surface area contributed by atoms with Crippen LogP contribution in [0, 0.1) is 5.92 Å². The summed E-state index contributed by atoms with van der Waals surface area (Å²) in [7, 11) is 0. The smallest absolute Gasteiger partial charge is 0.330 e. The molecule has 4 nitrogen and oxygen atoms in total. The van der Waals surface area contributed by atoms with Crippen LogP contribution in [0.3, 0.4) is 0 Å². The fourth-order valence-corrected chi connectivity index (χ4v) is 1.62. The van der Waals surface area contributed by atoms with Gasteiger partial charge in [0, 0.05) is 12.2 Å². The second kappa shape index (κ2) is 10.4. The summed E-state index contributed by atoms with van der Waals surface area (Å²) >= 11 is 0. The van der Waals surface area contributed by atoms with E-state index in [9.17, 15) is 9.59 Å². The van der Waals surface area contributed by atoms with Gasteiger partial charge >= 0.3 is 11.9 Å². The predicted octanol–water partition coefficient (Wildman–Crippen LogP) is 3.03. The summed E-state index contributed by atoms with van der Waals surface area (Å²) in [5, 5.41) is 0. The summed E-state index contributed by atoms with van der Waals surface area (Å²) in [6.07, 6.45) is 5.91.